The number of aliphatic hydroxyl groups is 1. The van der Waals surface area contributed by atoms with Crippen molar-refractivity contribution in [3.63, 3.8) is 0 Å². The van der Waals surface area contributed by atoms with E-state index in [4.69, 9.17) is 10.00 Å². The van der Waals surface area contributed by atoms with Gasteiger partial charge < -0.3 is 15.2 Å². The molecule has 0 saturated heterocycles. The van der Waals surface area contributed by atoms with E-state index >= 15 is 0 Å². The summed E-state index contributed by atoms with van der Waals surface area (Å²) in [5, 5.41) is 21.7. The van der Waals surface area contributed by atoms with Crippen LogP contribution in [0.3, 0.4) is 0 Å². The van der Waals surface area contributed by atoms with Gasteiger partial charge in [0.1, 0.15) is 5.75 Å². The minimum Gasteiger partial charge on any atom is -0.496 e. The number of nitrogens with zero attached hydrogens (tertiary/aromatic N) is 1. The van der Waals surface area contributed by atoms with Gasteiger partial charge in [-0.3, -0.25) is 0 Å². The monoisotopic (exact) mass is 280 g/mol. The Kier molecular flexibility index (Phi) is 6.71. The van der Waals surface area contributed by atoms with Crippen molar-refractivity contribution >= 4 is 11.8 Å². The molecule has 0 fully saturated rings. The summed E-state index contributed by atoms with van der Waals surface area (Å²) < 4.78 is 5.29. The van der Waals surface area contributed by atoms with Crippen LogP contribution in [0.5, 0.6) is 5.75 Å². The minimum absolute atomic E-state index is 0.144. The number of ether oxygens (including phenoxy) is 1. The van der Waals surface area contributed by atoms with E-state index in [9.17, 15) is 5.11 Å². The molecule has 104 valence electrons. The predicted molar refractivity (Wildman–Crippen MR) is 78.4 cm³/mol. The Morgan fingerprint density at radius 3 is 2.79 bits per heavy atom. The average Bonchev–Trinajstić information content (AvgIpc) is 2.45. The summed E-state index contributed by atoms with van der Waals surface area (Å²) in [5.74, 6) is 0.767. The number of hydrogen-bond acceptors (Lipinski definition) is 5. The lowest BCUT2D eigenvalue weighted by atomic mass is 10.1. The Morgan fingerprint density at radius 2 is 2.26 bits per heavy atom. The van der Waals surface area contributed by atoms with Crippen molar-refractivity contribution < 1.29 is 9.84 Å². The fourth-order valence-corrected chi connectivity index (χ4v) is 2.48. The first-order chi connectivity index (χ1) is 9.15. The molecule has 2 N–H and O–H groups in total. The molecule has 19 heavy (non-hydrogen) atoms. The smallest absolute Gasteiger partial charge is 0.123 e. The fraction of sp³-hybridized carbons (Fsp3) is 0.500. The number of hydrogen-bond donors (Lipinski definition) is 2. The van der Waals surface area contributed by atoms with Gasteiger partial charge in [0, 0.05) is 23.4 Å². The first-order valence-corrected chi connectivity index (χ1v) is 7.39. The van der Waals surface area contributed by atoms with Crippen molar-refractivity contribution in [2.24, 2.45) is 0 Å². The number of nitrogens with one attached hydrogen (secondary N) is 1. The van der Waals surface area contributed by atoms with Gasteiger partial charge in [0.25, 0.3) is 0 Å². The SMILES string of the molecule is COc1ccc(C#N)cc1CNC(C)C(CO)SC. The normalized spacial score (nSPS) is 13.6. The highest BCUT2D eigenvalue weighted by Gasteiger charge is 2.15. The van der Waals surface area contributed by atoms with Gasteiger partial charge >= 0.3 is 0 Å². The van der Waals surface area contributed by atoms with Crippen LogP contribution in [0.2, 0.25) is 0 Å². The Morgan fingerprint density at radius 1 is 1.53 bits per heavy atom. The first-order valence-electron chi connectivity index (χ1n) is 6.10. The van der Waals surface area contributed by atoms with Gasteiger partial charge in [-0.15, -0.1) is 0 Å². The van der Waals surface area contributed by atoms with Crippen LogP contribution in [-0.4, -0.2) is 36.4 Å². The number of methoxy groups -OCH3 is 1. The second-order valence-corrected chi connectivity index (χ2v) is 5.34. The molecule has 0 amide bonds. The third-order valence-electron chi connectivity index (χ3n) is 3.06. The second-order valence-electron chi connectivity index (χ2n) is 4.26. The van der Waals surface area contributed by atoms with Gasteiger partial charge in [-0.05, 0) is 31.4 Å². The van der Waals surface area contributed by atoms with Gasteiger partial charge in [0.05, 0.1) is 25.3 Å². The molecule has 1 aromatic carbocycles. The van der Waals surface area contributed by atoms with E-state index in [1.165, 1.54) is 0 Å². The van der Waals surface area contributed by atoms with E-state index in [-0.39, 0.29) is 17.9 Å². The molecule has 5 heteroatoms. The molecular formula is C14H20N2O2S. The zero-order valence-electron chi connectivity index (χ0n) is 11.5. The molecule has 0 spiro atoms. The van der Waals surface area contributed by atoms with Crippen LogP contribution in [0, 0.1) is 11.3 Å². The third kappa shape index (κ3) is 4.43. The molecule has 4 nitrogen and oxygen atoms in total. The summed E-state index contributed by atoms with van der Waals surface area (Å²) >= 11 is 1.63. The second kappa shape index (κ2) is 8.05. The Labute approximate surface area is 118 Å². The first kappa shape index (κ1) is 15.8. The average molecular weight is 280 g/mol. The highest BCUT2D eigenvalue weighted by atomic mass is 32.2. The van der Waals surface area contributed by atoms with E-state index < -0.39 is 0 Å². The Bertz CT molecular complexity index is 442. The van der Waals surface area contributed by atoms with Gasteiger partial charge in [0.15, 0.2) is 0 Å². The van der Waals surface area contributed by atoms with Crippen LogP contribution in [0.4, 0.5) is 0 Å². The van der Waals surface area contributed by atoms with Crippen LogP contribution < -0.4 is 10.1 Å². The molecule has 0 saturated carbocycles. The summed E-state index contributed by atoms with van der Waals surface area (Å²) in [5.41, 5.74) is 1.57. The van der Waals surface area contributed by atoms with Crippen LogP contribution in [-0.2, 0) is 6.54 Å². The lowest BCUT2D eigenvalue weighted by Gasteiger charge is -2.22. The summed E-state index contributed by atoms with van der Waals surface area (Å²) in [6, 6.07) is 7.67. The van der Waals surface area contributed by atoms with Crippen molar-refractivity contribution in [2.45, 2.75) is 24.8 Å². The quantitative estimate of drug-likeness (QED) is 0.797. The summed E-state index contributed by atoms with van der Waals surface area (Å²) in [6.07, 6.45) is 1.98. The van der Waals surface area contributed by atoms with Crippen LogP contribution in [0.1, 0.15) is 18.1 Å². The zero-order valence-corrected chi connectivity index (χ0v) is 12.3. The van der Waals surface area contributed by atoms with E-state index in [1.54, 1.807) is 31.0 Å². The van der Waals surface area contributed by atoms with Crippen molar-refractivity contribution in [2.75, 3.05) is 20.0 Å². The van der Waals surface area contributed by atoms with Crippen molar-refractivity contribution in [1.82, 2.24) is 5.32 Å². The van der Waals surface area contributed by atoms with E-state index in [1.807, 2.05) is 19.2 Å². The fourth-order valence-electron chi connectivity index (χ4n) is 1.83. The number of aliphatic hydroxyl groups excluding tert-OH is 1. The molecule has 0 bridgehead atoms. The van der Waals surface area contributed by atoms with Crippen LogP contribution in [0.15, 0.2) is 18.2 Å². The maximum atomic E-state index is 9.25. The van der Waals surface area contributed by atoms with E-state index in [2.05, 4.69) is 11.4 Å². The van der Waals surface area contributed by atoms with E-state index in [0.717, 1.165) is 11.3 Å². The zero-order chi connectivity index (χ0) is 14.3. The molecule has 0 radical (unpaired) electrons. The van der Waals surface area contributed by atoms with Crippen LogP contribution in [0.25, 0.3) is 0 Å². The van der Waals surface area contributed by atoms with Gasteiger partial charge in [-0.2, -0.15) is 17.0 Å². The summed E-state index contributed by atoms with van der Waals surface area (Å²) in [7, 11) is 1.62. The molecule has 2 atom stereocenters. The maximum Gasteiger partial charge on any atom is 0.123 e. The van der Waals surface area contributed by atoms with Crippen molar-refractivity contribution in [3.05, 3.63) is 29.3 Å². The molecule has 0 aliphatic rings. The molecule has 0 aliphatic carbocycles. The topological polar surface area (TPSA) is 65.3 Å². The number of nitriles is 1. The van der Waals surface area contributed by atoms with Gasteiger partial charge in [-0.25, -0.2) is 0 Å². The molecule has 0 aromatic heterocycles. The Balaban J connectivity index is 2.73. The maximum absolute atomic E-state index is 9.25. The van der Waals surface area contributed by atoms with E-state index in [0.29, 0.717) is 12.1 Å². The molecule has 1 aromatic rings. The van der Waals surface area contributed by atoms with Crippen molar-refractivity contribution in [3.8, 4) is 11.8 Å². The number of benzene rings is 1. The molecule has 0 aliphatic heterocycles. The molecule has 1 rings (SSSR count). The van der Waals surface area contributed by atoms with Gasteiger partial charge in [0.2, 0.25) is 0 Å². The molecular weight excluding hydrogens is 260 g/mol. The largest absolute Gasteiger partial charge is 0.496 e. The summed E-state index contributed by atoms with van der Waals surface area (Å²) in [4.78, 5) is 0. The molecule has 0 heterocycles. The lowest BCUT2D eigenvalue weighted by Crippen LogP contribution is -2.37. The highest BCUT2D eigenvalue weighted by Crippen LogP contribution is 2.20. The minimum atomic E-state index is 0.144. The lowest BCUT2D eigenvalue weighted by molar-refractivity contribution is 0.275. The predicted octanol–water partition coefficient (Wildman–Crippen LogP) is 1.77. The van der Waals surface area contributed by atoms with Crippen molar-refractivity contribution in [1.29, 1.82) is 5.26 Å². The highest BCUT2D eigenvalue weighted by molar-refractivity contribution is 7.99. The summed E-state index contributed by atoms with van der Waals surface area (Å²) in [6.45, 7) is 2.79. The molecule has 2 unspecified atom stereocenters. The van der Waals surface area contributed by atoms with Gasteiger partial charge in [-0.1, -0.05) is 0 Å². The third-order valence-corrected chi connectivity index (χ3v) is 4.23. The number of thioether (sulfide) groups is 1. The van der Waals surface area contributed by atoms with Crippen LogP contribution >= 0.6 is 11.8 Å². The number of rotatable bonds is 7. The standard InChI is InChI=1S/C14H20N2O2S/c1-10(14(9-17)19-3)16-8-12-6-11(7-15)4-5-13(12)18-2/h4-6,10,14,16-17H,8-9H2,1-3H3. The Hall–Kier alpha value is -1.22.